The quantitative estimate of drug-likeness (QED) is 0.136. The highest BCUT2D eigenvalue weighted by Gasteiger charge is 2.47. The van der Waals surface area contributed by atoms with E-state index in [1.54, 1.807) is 30.3 Å². The number of benzene rings is 3. The van der Waals surface area contributed by atoms with Crippen molar-refractivity contribution in [2.75, 3.05) is 0 Å². The maximum atomic E-state index is 14.2. The minimum Gasteiger partial charge on any atom is -0.465 e. The number of hydrogen-bond donors (Lipinski definition) is 6. The molecule has 3 aromatic rings. The molecule has 3 rings (SSSR count). The number of nitrogens with one attached hydrogen (secondary N) is 3. The van der Waals surface area contributed by atoms with Gasteiger partial charge in [-0.2, -0.15) is 0 Å². The fourth-order valence-corrected chi connectivity index (χ4v) is 5.37. The van der Waals surface area contributed by atoms with E-state index in [0.29, 0.717) is 18.4 Å². The van der Waals surface area contributed by atoms with E-state index in [-0.39, 0.29) is 31.6 Å². The predicted octanol–water partition coefficient (Wildman–Crippen LogP) is 3.36. The van der Waals surface area contributed by atoms with Crippen LogP contribution in [0.2, 0.25) is 0 Å². The molecule has 240 valence electrons. The molecule has 0 aliphatic heterocycles. The molecule has 0 heterocycles. The molecule has 0 saturated heterocycles. The summed E-state index contributed by atoms with van der Waals surface area (Å²) in [5, 5.41) is 29.2. The number of primary amides is 1. The molecule has 7 N–H and O–H groups in total. The van der Waals surface area contributed by atoms with E-state index in [2.05, 4.69) is 16.0 Å². The van der Waals surface area contributed by atoms with Crippen LogP contribution in [-0.2, 0) is 33.6 Å². The van der Waals surface area contributed by atoms with Crippen LogP contribution in [0, 0.1) is 5.92 Å². The number of amides is 4. The second kappa shape index (κ2) is 17.0. The molecule has 3 aromatic carbocycles. The normalized spacial score (nSPS) is 14.4. The maximum Gasteiger partial charge on any atom is 0.405 e. The van der Waals surface area contributed by atoms with Crippen molar-refractivity contribution in [1.82, 2.24) is 16.0 Å². The Hall–Kier alpha value is -4.70. The first-order valence-corrected chi connectivity index (χ1v) is 15.2. The summed E-state index contributed by atoms with van der Waals surface area (Å²) in [6.45, 7) is 3.74. The smallest absolute Gasteiger partial charge is 0.405 e. The highest BCUT2D eigenvalue weighted by atomic mass is 16.4. The number of aliphatic hydroxyl groups is 1. The summed E-state index contributed by atoms with van der Waals surface area (Å²) in [4.78, 5) is 52.3. The largest absolute Gasteiger partial charge is 0.465 e. The lowest BCUT2D eigenvalue weighted by atomic mass is 9.81. The second-order valence-electron chi connectivity index (χ2n) is 11.8. The summed E-state index contributed by atoms with van der Waals surface area (Å²) in [5.74, 6) is -2.28. The topological polar surface area (TPSA) is 171 Å². The summed E-state index contributed by atoms with van der Waals surface area (Å²) in [6.07, 6.45) is -1.55. The summed E-state index contributed by atoms with van der Waals surface area (Å²) in [7, 11) is 0. The monoisotopic (exact) mass is 616 g/mol. The number of carbonyl (C=O) groups is 4. The lowest BCUT2D eigenvalue weighted by Crippen LogP contribution is -2.68. The third kappa shape index (κ3) is 10.8. The first kappa shape index (κ1) is 34.8. The molecule has 10 heteroatoms. The van der Waals surface area contributed by atoms with Gasteiger partial charge in [-0.1, -0.05) is 105 Å². The Kier molecular flexibility index (Phi) is 13.1. The summed E-state index contributed by atoms with van der Waals surface area (Å²) in [5.41, 5.74) is 6.05. The van der Waals surface area contributed by atoms with Gasteiger partial charge in [-0.25, -0.2) is 4.79 Å². The number of carboxylic acid groups (broad SMARTS) is 1. The summed E-state index contributed by atoms with van der Waals surface area (Å²) < 4.78 is 0. The van der Waals surface area contributed by atoms with E-state index in [4.69, 9.17) is 5.73 Å². The molecular formula is C35H44N4O6. The van der Waals surface area contributed by atoms with E-state index >= 15 is 0 Å². The van der Waals surface area contributed by atoms with Gasteiger partial charge < -0.3 is 31.9 Å². The predicted molar refractivity (Wildman–Crippen MR) is 172 cm³/mol. The first-order valence-electron chi connectivity index (χ1n) is 15.2. The van der Waals surface area contributed by atoms with Crippen LogP contribution < -0.4 is 21.7 Å². The average molecular weight is 617 g/mol. The van der Waals surface area contributed by atoms with E-state index in [0.717, 1.165) is 11.1 Å². The Morgan fingerprint density at radius 3 is 1.82 bits per heavy atom. The van der Waals surface area contributed by atoms with Gasteiger partial charge in [0.1, 0.15) is 12.1 Å². The number of aliphatic hydroxyl groups excluding tert-OH is 1. The third-order valence-corrected chi connectivity index (χ3v) is 7.69. The van der Waals surface area contributed by atoms with Crippen LogP contribution in [0.15, 0.2) is 91.0 Å². The Morgan fingerprint density at radius 1 is 0.778 bits per heavy atom. The van der Waals surface area contributed by atoms with Gasteiger partial charge in [0.25, 0.3) is 0 Å². The molecule has 0 aliphatic carbocycles. The van der Waals surface area contributed by atoms with Crippen molar-refractivity contribution in [2.24, 2.45) is 11.7 Å². The summed E-state index contributed by atoms with van der Waals surface area (Å²) in [6, 6.07) is 25.3. The molecule has 0 saturated carbocycles. The van der Waals surface area contributed by atoms with E-state index in [9.17, 15) is 29.4 Å². The first-order chi connectivity index (χ1) is 21.5. The zero-order valence-corrected chi connectivity index (χ0v) is 25.8. The number of aryl methyl sites for hydroxylation is 1. The highest BCUT2D eigenvalue weighted by Crippen LogP contribution is 2.24. The minimum absolute atomic E-state index is 0.0612. The van der Waals surface area contributed by atoms with Gasteiger partial charge in [0.05, 0.1) is 6.10 Å². The SMILES string of the molecule is CC(C)CC(NC(=O)[C@@](Cc1ccccc1)(NC(=O)O)[C@H](O)CCCc1ccccc1)C(=O)N[C@@H](Cc1ccccc1)C(N)=O. The second-order valence-corrected chi connectivity index (χ2v) is 11.8. The zero-order valence-electron chi connectivity index (χ0n) is 25.8. The molecule has 10 nitrogen and oxygen atoms in total. The Balaban J connectivity index is 1.90. The number of nitrogens with two attached hydrogens (primary N) is 1. The van der Waals surface area contributed by atoms with Crippen LogP contribution in [0.25, 0.3) is 0 Å². The van der Waals surface area contributed by atoms with Gasteiger partial charge in [0, 0.05) is 12.8 Å². The maximum absolute atomic E-state index is 14.2. The van der Waals surface area contributed by atoms with Crippen LogP contribution in [0.3, 0.4) is 0 Å². The molecule has 45 heavy (non-hydrogen) atoms. The molecule has 0 aliphatic rings. The molecule has 0 aromatic heterocycles. The van der Waals surface area contributed by atoms with Crippen molar-refractivity contribution in [3.8, 4) is 0 Å². The van der Waals surface area contributed by atoms with Crippen LogP contribution in [-0.4, -0.2) is 57.8 Å². The van der Waals surface area contributed by atoms with Crippen molar-refractivity contribution >= 4 is 23.8 Å². The molecule has 0 bridgehead atoms. The molecule has 1 unspecified atom stereocenters. The lowest BCUT2D eigenvalue weighted by Gasteiger charge is -2.38. The van der Waals surface area contributed by atoms with E-state index in [1.807, 2.05) is 74.5 Å². The van der Waals surface area contributed by atoms with Gasteiger partial charge >= 0.3 is 6.09 Å². The zero-order chi connectivity index (χ0) is 32.8. The van der Waals surface area contributed by atoms with Crippen LogP contribution in [0.1, 0.15) is 49.8 Å². The van der Waals surface area contributed by atoms with Crippen LogP contribution >= 0.6 is 0 Å². The fraction of sp³-hybridized carbons (Fsp3) is 0.371. The Bertz CT molecular complexity index is 1390. The fourth-order valence-electron chi connectivity index (χ4n) is 5.37. The number of rotatable bonds is 17. The number of carbonyl (C=O) groups excluding carboxylic acids is 3. The van der Waals surface area contributed by atoms with Crippen molar-refractivity contribution in [2.45, 2.75) is 76.1 Å². The lowest BCUT2D eigenvalue weighted by molar-refractivity contribution is -0.137. The third-order valence-electron chi connectivity index (χ3n) is 7.69. The Labute approximate surface area is 264 Å². The van der Waals surface area contributed by atoms with Crippen LogP contribution in [0.5, 0.6) is 0 Å². The Morgan fingerprint density at radius 2 is 1.31 bits per heavy atom. The molecular weight excluding hydrogens is 572 g/mol. The number of hydrogen-bond acceptors (Lipinski definition) is 5. The van der Waals surface area contributed by atoms with Crippen molar-refractivity contribution in [3.05, 3.63) is 108 Å². The minimum atomic E-state index is -2.02. The van der Waals surface area contributed by atoms with Gasteiger partial charge in [-0.3, -0.25) is 14.4 Å². The average Bonchev–Trinajstić information content (AvgIpc) is 3.01. The molecule has 0 fully saturated rings. The van der Waals surface area contributed by atoms with Gasteiger partial charge in [0.15, 0.2) is 5.54 Å². The molecule has 4 amide bonds. The standard InChI is InChI=1S/C35H44N4O6/c1-24(2)21-29(32(42)37-28(31(36)41)22-26-15-8-4-9-16-26)38-33(43)35(39-34(44)45,23-27-17-10-5-11-18-27)30(40)20-12-19-25-13-6-3-7-14-25/h3-11,13-18,24,28-30,39-40H,12,19-23H2,1-2H3,(H2,36,41)(H,37,42)(H,38,43)(H,44,45)/t28-,29?,30+,35-/m0/s1. The molecule has 0 radical (unpaired) electrons. The molecule has 4 atom stereocenters. The summed E-state index contributed by atoms with van der Waals surface area (Å²) >= 11 is 0. The van der Waals surface area contributed by atoms with Gasteiger partial charge in [-0.15, -0.1) is 0 Å². The van der Waals surface area contributed by atoms with Gasteiger partial charge in [0.2, 0.25) is 17.7 Å². The van der Waals surface area contributed by atoms with Crippen LogP contribution in [0.4, 0.5) is 4.79 Å². The van der Waals surface area contributed by atoms with Crippen molar-refractivity contribution in [3.63, 3.8) is 0 Å². The molecule has 0 spiro atoms. The van der Waals surface area contributed by atoms with Crippen molar-refractivity contribution in [1.29, 1.82) is 0 Å². The van der Waals surface area contributed by atoms with E-state index in [1.165, 1.54) is 0 Å². The highest BCUT2D eigenvalue weighted by molar-refractivity contribution is 5.96. The van der Waals surface area contributed by atoms with E-state index < -0.39 is 47.5 Å². The van der Waals surface area contributed by atoms with Crippen molar-refractivity contribution < 1.29 is 29.4 Å². The van der Waals surface area contributed by atoms with Gasteiger partial charge in [-0.05, 0) is 48.3 Å².